The number of Topliss-reactive ketones (excluding diaryl/α,β-unsaturated/α-hetero) is 5. The lowest BCUT2D eigenvalue weighted by Gasteiger charge is -2.55. The number of hydrogen-bond acceptors (Lipinski definition) is 8. The predicted octanol–water partition coefficient (Wildman–Crippen LogP) is 2.43. The molecule has 3 fully saturated rings. The second-order valence-electron chi connectivity index (χ2n) is 11.9. The van der Waals surface area contributed by atoms with Crippen LogP contribution in [-0.4, -0.2) is 50.6 Å². The number of fused-ring (bicyclic) bond motifs is 3. The van der Waals surface area contributed by atoms with Gasteiger partial charge in [0.1, 0.15) is 11.5 Å². The maximum Gasteiger partial charge on any atom is 0.235 e. The van der Waals surface area contributed by atoms with Crippen LogP contribution in [0.15, 0.2) is 18.2 Å². The van der Waals surface area contributed by atoms with E-state index in [1.165, 1.54) is 6.07 Å². The smallest absolute Gasteiger partial charge is 0.235 e. The number of carbonyl (C=O) groups excluding carboxylic acids is 6. The molecule has 208 valence electrons. The number of rotatable bonds is 7. The Hall–Kier alpha value is -3.20. The fourth-order valence-corrected chi connectivity index (χ4v) is 8.08. The number of nitrogens with two attached hydrogens (primary N) is 1. The van der Waals surface area contributed by atoms with Crippen LogP contribution in [0.4, 0.5) is 0 Å². The third kappa shape index (κ3) is 4.17. The highest BCUT2D eigenvalue weighted by molar-refractivity contribution is 6.31. The Morgan fingerprint density at radius 1 is 1.05 bits per heavy atom. The van der Waals surface area contributed by atoms with Crippen LogP contribution in [0.5, 0.6) is 5.75 Å². The Morgan fingerprint density at radius 2 is 1.74 bits per heavy atom. The van der Waals surface area contributed by atoms with Crippen molar-refractivity contribution in [3.05, 3.63) is 29.3 Å². The van der Waals surface area contributed by atoms with Gasteiger partial charge in [-0.3, -0.25) is 28.8 Å². The van der Waals surface area contributed by atoms with E-state index in [0.717, 1.165) is 32.1 Å². The lowest BCUT2D eigenvalue weighted by atomic mass is 9.46. The molecule has 9 heteroatoms. The quantitative estimate of drug-likeness (QED) is 0.446. The Morgan fingerprint density at radius 3 is 2.38 bits per heavy atom. The van der Waals surface area contributed by atoms with Crippen molar-refractivity contribution in [2.45, 2.75) is 76.2 Å². The molecule has 9 nitrogen and oxygen atoms in total. The van der Waals surface area contributed by atoms with Gasteiger partial charge in [0, 0.05) is 25.2 Å². The highest BCUT2D eigenvalue weighted by Crippen LogP contribution is 2.58. The van der Waals surface area contributed by atoms with Crippen LogP contribution < -0.4 is 5.73 Å². The molecule has 4 aliphatic carbocycles. The van der Waals surface area contributed by atoms with Gasteiger partial charge in [-0.2, -0.15) is 0 Å². The van der Waals surface area contributed by atoms with Crippen molar-refractivity contribution in [3.8, 4) is 5.75 Å². The average Bonchev–Trinajstić information content (AvgIpc) is 3.41. The second kappa shape index (κ2) is 10.1. The second-order valence-corrected chi connectivity index (χ2v) is 11.9. The molecule has 0 aromatic heterocycles. The summed E-state index contributed by atoms with van der Waals surface area (Å²) in [5.74, 6) is -11.8. The molecule has 0 bridgehead atoms. The molecule has 39 heavy (non-hydrogen) atoms. The summed E-state index contributed by atoms with van der Waals surface area (Å²) < 4.78 is 0. The zero-order valence-electron chi connectivity index (χ0n) is 22.1. The van der Waals surface area contributed by atoms with Gasteiger partial charge >= 0.3 is 0 Å². The summed E-state index contributed by atoms with van der Waals surface area (Å²) in [5, 5.41) is 22.5. The molecule has 4 N–H and O–H groups in total. The van der Waals surface area contributed by atoms with E-state index in [4.69, 9.17) is 5.73 Å². The predicted molar refractivity (Wildman–Crippen MR) is 138 cm³/mol. The van der Waals surface area contributed by atoms with E-state index in [2.05, 4.69) is 0 Å². The van der Waals surface area contributed by atoms with Gasteiger partial charge in [-0.15, -0.1) is 0 Å². The first-order chi connectivity index (χ1) is 18.5. The molecule has 2 unspecified atom stereocenters. The van der Waals surface area contributed by atoms with E-state index < -0.39 is 76.6 Å². The zero-order chi connectivity index (χ0) is 28.2. The Balaban J connectivity index is 1.68. The number of ketones is 5. The van der Waals surface area contributed by atoms with Crippen molar-refractivity contribution in [1.29, 1.82) is 0 Å². The van der Waals surface area contributed by atoms with Crippen LogP contribution in [-0.2, 0) is 24.0 Å². The van der Waals surface area contributed by atoms with Gasteiger partial charge in [-0.1, -0.05) is 44.7 Å². The normalized spacial score (nSPS) is 34.4. The van der Waals surface area contributed by atoms with Crippen LogP contribution in [0.2, 0.25) is 0 Å². The molecule has 4 aliphatic rings. The molecule has 1 aromatic rings. The minimum absolute atomic E-state index is 0.00285. The monoisotopic (exact) mass is 537 g/mol. The first kappa shape index (κ1) is 27.4. The van der Waals surface area contributed by atoms with Crippen molar-refractivity contribution in [3.63, 3.8) is 0 Å². The summed E-state index contributed by atoms with van der Waals surface area (Å²) in [4.78, 5) is 79.4. The number of phenols is 1. The molecule has 1 amide bonds. The van der Waals surface area contributed by atoms with Gasteiger partial charge < -0.3 is 15.9 Å². The van der Waals surface area contributed by atoms with E-state index in [0.29, 0.717) is 17.9 Å². The summed E-state index contributed by atoms with van der Waals surface area (Å²) in [5.41, 5.74) is 3.10. The largest absolute Gasteiger partial charge is 0.507 e. The molecular weight excluding hydrogens is 502 g/mol. The number of amides is 1. The molecule has 0 aliphatic heterocycles. The lowest BCUT2D eigenvalue weighted by molar-refractivity contribution is -0.183. The first-order valence-electron chi connectivity index (χ1n) is 14.0. The maximum absolute atomic E-state index is 14.1. The molecular formula is C30H35NO8. The third-order valence-electron chi connectivity index (χ3n) is 9.94. The SMILES string of the molecule is CCC(=O)C[C@H]1[C@H]2C(C(=O)c3c(O)cccc3[C@@H]2CCC2CCCC2)C(=O)[C@]2(O)C(=O)C(C(N)=O)C(=O)C[C@H]12. The van der Waals surface area contributed by atoms with Crippen LogP contribution >= 0.6 is 0 Å². The first-order valence-corrected chi connectivity index (χ1v) is 14.0. The number of carbonyl (C=O) groups is 6. The van der Waals surface area contributed by atoms with Crippen molar-refractivity contribution < 1.29 is 39.0 Å². The van der Waals surface area contributed by atoms with Gasteiger partial charge in [-0.25, -0.2) is 0 Å². The minimum Gasteiger partial charge on any atom is -0.507 e. The molecule has 0 spiro atoms. The summed E-state index contributed by atoms with van der Waals surface area (Å²) in [6.07, 6.45) is 5.45. The highest BCUT2D eigenvalue weighted by atomic mass is 16.3. The highest BCUT2D eigenvalue weighted by Gasteiger charge is 2.70. The van der Waals surface area contributed by atoms with E-state index in [9.17, 15) is 39.0 Å². The molecule has 3 saturated carbocycles. The van der Waals surface area contributed by atoms with E-state index in [1.54, 1.807) is 19.1 Å². The van der Waals surface area contributed by atoms with Crippen LogP contribution in [0, 0.1) is 35.5 Å². The summed E-state index contributed by atoms with van der Waals surface area (Å²) in [6, 6.07) is 4.76. The maximum atomic E-state index is 14.1. The standard InChI is InChI=1S/C30H35NO8/c1-2-15(32)12-18-19-13-21(34)24(29(31)38)27(36)30(19,39)28(37)25-22(18)17(11-10-14-6-3-4-7-14)16-8-5-9-20(33)23(16)26(25)35/h5,8-9,14,17-19,22,24-25,33,39H,2-4,6-7,10-13H2,1H3,(H2,31,38)/t17-,18+,19+,22-,24?,25?,30+/m0/s1. The molecule has 7 atom stereocenters. The lowest BCUT2D eigenvalue weighted by Crippen LogP contribution is -2.71. The molecule has 0 saturated heterocycles. The van der Waals surface area contributed by atoms with Crippen molar-refractivity contribution >= 4 is 34.8 Å². The fraction of sp³-hybridized carbons (Fsp3) is 0.600. The van der Waals surface area contributed by atoms with Crippen LogP contribution in [0.3, 0.4) is 0 Å². The Labute approximate surface area is 226 Å². The number of primary amides is 1. The number of aliphatic hydroxyl groups is 1. The van der Waals surface area contributed by atoms with Crippen LogP contribution in [0.25, 0.3) is 0 Å². The zero-order valence-corrected chi connectivity index (χ0v) is 22.1. The molecule has 0 heterocycles. The van der Waals surface area contributed by atoms with Crippen LogP contribution in [0.1, 0.15) is 86.6 Å². The van der Waals surface area contributed by atoms with Gasteiger partial charge in [-0.05, 0) is 48.1 Å². The van der Waals surface area contributed by atoms with E-state index in [-0.39, 0.29) is 29.9 Å². The van der Waals surface area contributed by atoms with Gasteiger partial charge in [0.15, 0.2) is 34.7 Å². The molecule has 1 aromatic carbocycles. The summed E-state index contributed by atoms with van der Waals surface area (Å²) in [7, 11) is 0. The number of aromatic hydroxyl groups is 1. The van der Waals surface area contributed by atoms with Crippen molar-refractivity contribution in [2.24, 2.45) is 41.2 Å². The Bertz CT molecular complexity index is 1260. The topological polar surface area (TPSA) is 169 Å². The average molecular weight is 538 g/mol. The minimum atomic E-state index is -2.80. The number of phenolic OH excluding ortho intramolecular Hbond substituents is 1. The van der Waals surface area contributed by atoms with Gasteiger partial charge in [0.2, 0.25) is 5.91 Å². The van der Waals surface area contributed by atoms with Gasteiger partial charge in [0.05, 0.1) is 11.5 Å². The summed E-state index contributed by atoms with van der Waals surface area (Å²) >= 11 is 0. The van der Waals surface area contributed by atoms with Crippen molar-refractivity contribution in [1.82, 2.24) is 0 Å². The summed E-state index contributed by atoms with van der Waals surface area (Å²) in [6.45, 7) is 1.68. The fourth-order valence-electron chi connectivity index (χ4n) is 8.08. The molecule has 5 rings (SSSR count). The third-order valence-corrected chi connectivity index (χ3v) is 9.94. The number of benzene rings is 1. The van der Waals surface area contributed by atoms with E-state index >= 15 is 0 Å². The van der Waals surface area contributed by atoms with E-state index in [1.807, 2.05) is 0 Å². The number of hydrogen-bond donors (Lipinski definition) is 3. The Kier molecular flexibility index (Phi) is 7.07. The van der Waals surface area contributed by atoms with Gasteiger partial charge in [0.25, 0.3) is 0 Å². The van der Waals surface area contributed by atoms with Crippen molar-refractivity contribution in [2.75, 3.05) is 0 Å². The molecule has 0 radical (unpaired) electrons.